The number of nitrogens with one attached hydrogen (secondary N) is 2. The molecule has 154 valence electrons. The molecule has 0 spiro atoms. The molecule has 2 N–H and O–H groups in total. The van der Waals surface area contributed by atoms with Gasteiger partial charge in [0.2, 0.25) is 5.91 Å². The average molecular weight is 406 g/mol. The smallest absolute Gasteiger partial charge is 0.337 e. The number of amides is 1. The normalized spacial score (nSPS) is 11.9. The van der Waals surface area contributed by atoms with Crippen molar-refractivity contribution in [1.82, 2.24) is 10.3 Å². The number of methoxy groups -OCH3 is 2. The van der Waals surface area contributed by atoms with Crippen molar-refractivity contribution in [2.45, 2.75) is 12.5 Å². The van der Waals surface area contributed by atoms with Gasteiger partial charge in [0.25, 0.3) is 0 Å². The third kappa shape index (κ3) is 4.94. The maximum absolute atomic E-state index is 12.4. The number of carbonyl (C=O) groups is 3. The zero-order chi connectivity index (χ0) is 21.5. The second kappa shape index (κ2) is 9.56. The first-order valence-electron chi connectivity index (χ1n) is 9.31. The Morgan fingerprint density at radius 2 is 1.77 bits per heavy atom. The third-order valence-electron chi connectivity index (χ3n) is 4.66. The predicted molar refractivity (Wildman–Crippen MR) is 113 cm³/mol. The Morgan fingerprint density at radius 1 is 1.03 bits per heavy atom. The average Bonchev–Trinajstić information content (AvgIpc) is 3.19. The maximum atomic E-state index is 12.4. The van der Waals surface area contributed by atoms with Crippen molar-refractivity contribution in [2.75, 3.05) is 14.2 Å². The molecular formula is C23H22N2O5. The van der Waals surface area contributed by atoms with E-state index in [1.54, 1.807) is 30.3 Å². The first kappa shape index (κ1) is 20.9. The van der Waals surface area contributed by atoms with Crippen molar-refractivity contribution in [2.24, 2.45) is 0 Å². The molecule has 1 amide bonds. The summed E-state index contributed by atoms with van der Waals surface area (Å²) >= 11 is 0. The molecule has 7 nitrogen and oxygen atoms in total. The molecular weight excluding hydrogens is 384 g/mol. The highest BCUT2D eigenvalue weighted by Crippen LogP contribution is 2.19. The Balaban J connectivity index is 1.68. The van der Waals surface area contributed by atoms with Crippen LogP contribution in [0.25, 0.3) is 17.0 Å². The Bertz CT molecular complexity index is 1080. The Kier molecular flexibility index (Phi) is 6.64. The molecule has 0 bridgehead atoms. The van der Waals surface area contributed by atoms with E-state index in [-0.39, 0.29) is 0 Å². The van der Waals surface area contributed by atoms with Gasteiger partial charge < -0.3 is 19.8 Å². The van der Waals surface area contributed by atoms with Gasteiger partial charge in [-0.2, -0.15) is 0 Å². The van der Waals surface area contributed by atoms with E-state index >= 15 is 0 Å². The number of fused-ring (bicyclic) bond motifs is 1. The van der Waals surface area contributed by atoms with Crippen LogP contribution in [0, 0.1) is 0 Å². The fourth-order valence-electron chi connectivity index (χ4n) is 3.10. The van der Waals surface area contributed by atoms with Crippen LogP contribution < -0.4 is 5.32 Å². The van der Waals surface area contributed by atoms with Gasteiger partial charge in [0.05, 0.1) is 19.8 Å². The quantitative estimate of drug-likeness (QED) is 0.465. The van der Waals surface area contributed by atoms with Crippen LogP contribution in [0.15, 0.2) is 60.8 Å². The van der Waals surface area contributed by atoms with E-state index in [1.807, 2.05) is 30.5 Å². The Morgan fingerprint density at radius 3 is 2.47 bits per heavy atom. The van der Waals surface area contributed by atoms with E-state index in [0.29, 0.717) is 12.0 Å². The Hall–Kier alpha value is -3.87. The number of aromatic nitrogens is 1. The minimum absolute atomic E-state index is 0.296. The van der Waals surface area contributed by atoms with E-state index in [4.69, 9.17) is 4.74 Å². The lowest BCUT2D eigenvalue weighted by atomic mass is 10.0. The van der Waals surface area contributed by atoms with Gasteiger partial charge >= 0.3 is 11.9 Å². The lowest BCUT2D eigenvalue weighted by molar-refractivity contribution is -0.144. The van der Waals surface area contributed by atoms with Crippen molar-refractivity contribution in [3.63, 3.8) is 0 Å². The molecule has 3 rings (SSSR count). The fourth-order valence-corrected chi connectivity index (χ4v) is 3.10. The zero-order valence-electron chi connectivity index (χ0n) is 16.7. The molecule has 0 aliphatic heterocycles. The molecule has 0 aliphatic carbocycles. The van der Waals surface area contributed by atoms with Gasteiger partial charge in [0.1, 0.15) is 6.04 Å². The number of carbonyl (C=O) groups excluding carboxylic acids is 3. The van der Waals surface area contributed by atoms with E-state index in [0.717, 1.165) is 22.0 Å². The van der Waals surface area contributed by atoms with Gasteiger partial charge in [0.15, 0.2) is 0 Å². The molecule has 0 aliphatic rings. The van der Waals surface area contributed by atoms with Crippen LogP contribution in [0.2, 0.25) is 0 Å². The minimum atomic E-state index is -0.826. The highest BCUT2D eigenvalue weighted by molar-refractivity contribution is 5.95. The second-order valence-electron chi connectivity index (χ2n) is 6.59. The molecule has 1 heterocycles. The number of H-pyrrole nitrogens is 1. The summed E-state index contributed by atoms with van der Waals surface area (Å²) in [5.74, 6) is -1.38. The zero-order valence-corrected chi connectivity index (χ0v) is 16.7. The number of para-hydroxylation sites is 1. The van der Waals surface area contributed by atoms with Crippen LogP contribution in [0.1, 0.15) is 21.5 Å². The van der Waals surface area contributed by atoms with Crippen molar-refractivity contribution >= 4 is 34.8 Å². The maximum Gasteiger partial charge on any atom is 0.337 e. The van der Waals surface area contributed by atoms with Crippen molar-refractivity contribution in [3.05, 3.63) is 77.5 Å². The van der Waals surface area contributed by atoms with Crippen molar-refractivity contribution < 1.29 is 23.9 Å². The summed E-state index contributed by atoms with van der Waals surface area (Å²) in [4.78, 5) is 39.2. The summed E-state index contributed by atoms with van der Waals surface area (Å²) in [5.41, 5.74) is 3.01. The standard InChI is InChI=1S/C23H22N2O5/c1-29-22(27)16-10-7-15(8-11-16)9-12-21(26)25-20(23(28)30-2)13-17-14-24-19-6-4-3-5-18(17)19/h3-12,14,20,24H,13H2,1-2H3,(H,25,26)/b12-9+/t20-/m0/s1. The summed E-state index contributed by atoms with van der Waals surface area (Å²) in [6.45, 7) is 0. The molecule has 0 radical (unpaired) electrons. The first-order chi connectivity index (χ1) is 14.5. The largest absolute Gasteiger partial charge is 0.467 e. The first-order valence-corrected chi connectivity index (χ1v) is 9.31. The highest BCUT2D eigenvalue weighted by Gasteiger charge is 2.22. The summed E-state index contributed by atoms with van der Waals surface area (Å²) in [7, 11) is 2.60. The summed E-state index contributed by atoms with van der Waals surface area (Å²) in [6.07, 6.45) is 5.05. The molecule has 30 heavy (non-hydrogen) atoms. The number of rotatable bonds is 7. The lowest BCUT2D eigenvalue weighted by Crippen LogP contribution is -2.42. The van der Waals surface area contributed by atoms with E-state index in [2.05, 4.69) is 15.0 Å². The van der Waals surface area contributed by atoms with Crippen LogP contribution in [0.3, 0.4) is 0 Å². The van der Waals surface area contributed by atoms with Crippen LogP contribution in [-0.2, 0) is 25.5 Å². The molecule has 3 aromatic rings. The Labute approximate surface area is 173 Å². The number of hydrogen-bond donors (Lipinski definition) is 2. The van der Waals surface area contributed by atoms with Gasteiger partial charge in [-0.3, -0.25) is 4.79 Å². The molecule has 7 heteroatoms. The second-order valence-corrected chi connectivity index (χ2v) is 6.59. The lowest BCUT2D eigenvalue weighted by Gasteiger charge is -2.15. The molecule has 0 unspecified atom stereocenters. The van der Waals surface area contributed by atoms with Crippen molar-refractivity contribution in [1.29, 1.82) is 0 Å². The SMILES string of the molecule is COC(=O)c1ccc(/C=C/C(=O)N[C@@H](Cc2c[nH]c3ccccc23)C(=O)OC)cc1. The number of esters is 2. The van der Waals surface area contributed by atoms with Crippen LogP contribution in [0.5, 0.6) is 0 Å². The number of benzene rings is 2. The summed E-state index contributed by atoms with van der Waals surface area (Å²) in [6, 6.07) is 13.5. The predicted octanol–water partition coefficient (Wildman–Crippen LogP) is 2.87. The van der Waals surface area contributed by atoms with Gasteiger partial charge in [-0.1, -0.05) is 30.3 Å². The number of aromatic amines is 1. The van der Waals surface area contributed by atoms with E-state index in [9.17, 15) is 14.4 Å². The molecule has 0 saturated heterocycles. The van der Waals surface area contributed by atoms with Gasteiger partial charge in [0, 0.05) is 29.6 Å². The van der Waals surface area contributed by atoms with Crippen LogP contribution in [-0.4, -0.2) is 43.1 Å². The third-order valence-corrected chi connectivity index (χ3v) is 4.66. The molecule has 2 aromatic carbocycles. The highest BCUT2D eigenvalue weighted by atomic mass is 16.5. The van der Waals surface area contributed by atoms with Crippen molar-refractivity contribution in [3.8, 4) is 0 Å². The summed E-state index contributed by atoms with van der Waals surface area (Å²) in [5, 5.41) is 3.68. The topological polar surface area (TPSA) is 97.5 Å². The molecule has 0 fully saturated rings. The minimum Gasteiger partial charge on any atom is -0.467 e. The van der Waals surface area contributed by atoms with Gasteiger partial charge in [-0.05, 0) is 35.4 Å². The van der Waals surface area contributed by atoms with Gasteiger partial charge in [-0.15, -0.1) is 0 Å². The van der Waals surface area contributed by atoms with Crippen LogP contribution >= 0.6 is 0 Å². The molecule has 1 atom stereocenters. The molecule has 1 aromatic heterocycles. The molecule has 0 saturated carbocycles. The number of hydrogen-bond acceptors (Lipinski definition) is 5. The van der Waals surface area contributed by atoms with Crippen LogP contribution in [0.4, 0.5) is 0 Å². The monoisotopic (exact) mass is 406 g/mol. The van der Waals surface area contributed by atoms with E-state index in [1.165, 1.54) is 20.3 Å². The summed E-state index contributed by atoms with van der Waals surface area (Å²) < 4.78 is 9.51. The van der Waals surface area contributed by atoms with Gasteiger partial charge in [-0.25, -0.2) is 9.59 Å². The van der Waals surface area contributed by atoms with E-state index < -0.39 is 23.9 Å². The number of ether oxygens (including phenoxy) is 2. The fraction of sp³-hybridized carbons (Fsp3) is 0.174.